The van der Waals surface area contributed by atoms with E-state index in [1.165, 1.54) is 21.8 Å². The number of fused-ring (bicyclic) bond motifs is 9. The van der Waals surface area contributed by atoms with Crippen LogP contribution in [0.2, 0.25) is 0 Å². The van der Waals surface area contributed by atoms with Gasteiger partial charge in [0, 0.05) is 54.7 Å². The quantitative estimate of drug-likeness (QED) is 0.189. The van der Waals surface area contributed by atoms with Gasteiger partial charge in [-0.2, -0.15) is 0 Å². The molecule has 0 aliphatic carbocycles. The number of hydrogen-bond donors (Lipinski definition) is 0. The van der Waals surface area contributed by atoms with Crippen LogP contribution in [0, 0.1) is 0 Å². The standard InChI is InChI=1S/C45H26N4O2/c1-2-10-27(11-3-1)43-46-44(28-18-21-34-33-14-6-9-17-39(33)50-41(34)24-28)48-45(47-43)29-19-22-35-36-26-30(20-23-40(36)51-42(35)25-29)49-37-15-7-4-12-31(37)32-13-5-8-16-38(32)49/h1-26H. The van der Waals surface area contributed by atoms with Crippen molar-refractivity contribution >= 4 is 65.7 Å². The molecule has 11 rings (SSSR count). The van der Waals surface area contributed by atoms with Crippen molar-refractivity contribution in [2.75, 3.05) is 0 Å². The van der Waals surface area contributed by atoms with E-state index in [2.05, 4.69) is 102 Å². The Labute approximate surface area is 290 Å². The van der Waals surface area contributed by atoms with Gasteiger partial charge in [0.2, 0.25) is 0 Å². The zero-order valence-electron chi connectivity index (χ0n) is 27.1. The Morgan fingerprint density at radius 2 is 0.824 bits per heavy atom. The first-order chi connectivity index (χ1) is 25.2. The van der Waals surface area contributed by atoms with Crippen molar-refractivity contribution in [1.82, 2.24) is 19.5 Å². The summed E-state index contributed by atoms with van der Waals surface area (Å²) in [5, 5.41) is 6.70. The van der Waals surface area contributed by atoms with Gasteiger partial charge in [0.25, 0.3) is 0 Å². The van der Waals surface area contributed by atoms with Crippen molar-refractivity contribution < 1.29 is 8.83 Å². The van der Waals surface area contributed by atoms with Gasteiger partial charge in [0.1, 0.15) is 22.3 Å². The van der Waals surface area contributed by atoms with Crippen molar-refractivity contribution in [3.8, 4) is 39.9 Å². The van der Waals surface area contributed by atoms with Crippen LogP contribution in [0.1, 0.15) is 0 Å². The second-order valence-corrected chi connectivity index (χ2v) is 12.8. The highest BCUT2D eigenvalue weighted by atomic mass is 16.3. The molecule has 7 aromatic carbocycles. The zero-order chi connectivity index (χ0) is 33.5. The van der Waals surface area contributed by atoms with E-state index in [9.17, 15) is 0 Å². The Balaban J connectivity index is 1.06. The lowest BCUT2D eigenvalue weighted by atomic mass is 10.1. The molecule has 0 N–H and O–H groups in total. The monoisotopic (exact) mass is 654 g/mol. The predicted molar refractivity (Wildman–Crippen MR) is 205 cm³/mol. The molecular weight excluding hydrogens is 629 g/mol. The number of hydrogen-bond acceptors (Lipinski definition) is 5. The molecule has 0 fully saturated rings. The lowest BCUT2D eigenvalue weighted by molar-refractivity contribution is 0.668. The summed E-state index contributed by atoms with van der Waals surface area (Å²) >= 11 is 0. The predicted octanol–water partition coefficient (Wildman–Crippen LogP) is 11.8. The fourth-order valence-corrected chi connectivity index (χ4v) is 7.46. The summed E-state index contributed by atoms with van der Waals surface area (Å²) < 4.78 is 15.0. The molecule has 0 atom stereocenters. The van der Waals surface area contributed by atoms with Crippen LogP contribution >= 0.6 is 0 Å². The van der Waals surface area contributed by atoms with Gasteiger partial charge in [0.05, 0.1) is 11.0 Å². The van der Waals surface area contributed by atoms with Crippen molar-refractivity contribution in [2.24, 2.45) is 0 Å². The highest BCUT2D eigenvalue weighted by Crippen LogP contribution is 2.37. The van der Waals surface area contributed by atoms with Crippen molar-refractivity contribution in [3.05, 3.63) is 158 Å². The van der Waals surface area contributed by atoms with E-state index in [0.717, 1.165) is 66.3 Å². The van der Waals surface area contributed by atoms with Crippen LogP contribution in [0.25, 0.3) is 106 Å². The minimum atomic E-state index is 0.567. The topological polar surface area (TPSA) is 69.9 Å². The number of nitrogens with zero attached hydrogens (tertiary/aromatic N) is 4. The Morgan fingerprint density at radius 1 is 0.333 bits per heavy atom. The molecule has 0 saturated heterocycles. The van der Waals surface area contributed by atoms with Crippen LogP contribution in [0.4, 0.5) is 0 Å². The minimum Gasteiger partial charge on any atom is -0.456 e. The second-order valence-electron chi connectivity index (χ2n) is 12.8. The summed E-state index contributed by atoms with van der Waals surface area (Å²) in [5.74, 6) is 1.74. The van der Waals surface area contributed by atoms with Gasteiger partial charge in [-0.1, -0.05) is 97.1 Å². The van der Waals surface area contributed by atoms with Crippen LogP contribution in [-0.4, -0.2) is 19.5 Å². The van der Waals surface area contributed by atoms with E-state index < -0.39 is 0 Å². The fourth-order valence-electron chi connectivity index (χ4n) is 7.46. The smallest absolute Gasteiger partial charge is 0.164 e. The molecule has 238 valence electrons. The van der Waals surface area contributed by atoms with Crippen molar-refractivity contribution in [1.29, 1.82) is 0 Å². The van der Waals surface area contributed by atoms with Gasteiger partial charge in [-0.15, -0.1) is 0 Å². The summed E-state index contributed by atoms with van der Waals surface area (Å²) in [6.45, 7) is 0. The molecule has 51 heavy (non-hydrogen) atoms. The molecule has 0 bridgehead atoms. The van der Waals surface area contributed by atoms with Crippen LogP contribution < -0.4 is 0 Å². The van der Waals surface area contributed by atoms with Crippen molar-refractivity contribution in [3.63, 3.8) is 0 Å². The molecule has 0 spiro atoms. The van der Waals surface area contributed by atoms with Gasteiger partial charge in [-0.05, 0) is 60.7 Å². The average molecular weight is 655 g/mol. The first-order valence-electron chi connectivity index (χ1n) is 16.9. The third kappa shape index (κ3) is 4.33. The van der Waals surface area contributed by atoms with Gasteiger partial charge in [-0.3, -0.25) is 0 Å². The Morgan fingerprint density at radius 3 is 1.47 bits per heavy atom. The van der Waals surface area contributed by atoms with Crippen molar-refractivity contribution in [2.45, 2.75) is 0 Å². The molecule has 11 aromatic rings. The second kappa shape index (κ2) is 10.7. The summed E-state index contributed by atoms with van der Waals surface area (Å²) in [4.78, 5) is 14.9. The minimum absolute atomic E-state index is 0.567. The maximum Gasteiger partial charge on any atom is 0.164 e. The number of rotatable bonds is 4. The largest absolute Gasteiger partial charge is 0.456 e. The highest BCUT2D eigenvalue weighted by molar-refractivity contribution is 6.11. The highest BCUT2D eigenvalue weighted by Gasteiger charge is 2.18. The van der Waals surface area contributed by atoms with Crippen LogP contribution in [-0.2, 0) is 0 Å². The van der Waals surface area contributed by atoms with Gasteiger partial charge in [-0.25, -0.2) is 15.0 Å². The third-order valence-electron chi connectivity index (χ3n) is 9.86. The molecule has 6 nitrogen and oxygen atoms in total. The molecule has 0 aliphatic heterocycles. The summed E-state index contributed by atoms with van der Waals surface area (Å²) in [6.07, 6.45) is 0. The first kappa shape index (κ1) is 27.9. The Kier molecular flexibility index (Phi) is 5.86. The van der Waals surface area contributed by atoms with E-state index in [1.807, 2.05) is 60.7 Å². The van der Waals surface area contributed by atoms with Gasteiger partial charge in [0.15, 0.2) is 17.5 Å². The van der Waals surface area contributed by atoms with Crippen LogP contribution in [0.15, 0.2) is 167 Å². The maximum absolute atomic E-state index is 6.48. The molecule has 4 aromatic heterocycles. The molecule has 6 heteroatoms. The third-order valence-corrected chi connectivity index (χ3v) is 9.86. The fraction of sp³-hybridized carbons (Fsp3) is 0. The number of furan rings is 2. The lowest BCUT2D eigenvalue weighted by Crippen LogP contribution is -2.00. The Hall–Kier alpha value is -7.05. The maximum atomic E-state index is 6.48. The molecule has 0 unspecified atom stereocenters. The molecular formula is C45H26N4O2. The first-order valence-corrected chi connectivity index (χ1v) is 16.9. The molecule has 0 amide bonds. The normalized spacial score (nSPS) is 11.9. The lowest BCUT2D eigenvalue weighted by Gasteiger charge is -2.08. The summed E-state index contributed by atoms with van der Waals surface area (Å²) in [7, 11) is 0. The number of aromatic nitrogens is 4. The molecule has 0 saturated carbocycles. The van der Waals surface area contributed by atoms with E-state index in [0.29, 0.717) is 17.5 Å². The van der Waals surface area contributed by atoms with Gasteiger partial charge >= 0.3 is 0 Å². The van der Waals surface area contributed by atoms with E-state index in [-0.39, 0.29) is 0 Å². The van der Waals surface area contributed by atoms with Crippen LogP contribution in [0.5, 0.6) is 0 Å². The van der Waals surface area contributed by atoms with Gasteiger partial charge < -0.3 is 13.4 Å². The van der Waals surface area contributed by atoms with E-state index in [1.54, 1.807) is 0 Å². The zero-order valence-corrected chi connectivity index (χ0v) is 27.1. The molecule has 4 heterocycles. The molecule has 0 aliphatic rings. The van der Waals surface area contributed by atoms with E-state index >= 15 is 0 Å². The Bertz CT molecular complexity index is 3100. The SMILES string of the molecule is c1ccc(-c2nc(-c3ccc4c(c3)oc3ccccc34)nc(-c3ccc4c(c3)oc3ccc(-n5c6ccccc6c6ccccc65)cc34)n2)cc1. The summed E-state index contributed by atoms with van der Waals surface area (Å²) in [5.41, 5.74) is 9.28. The van der Waals surface area contributed by atoms with Crippen LogP contribution in [0.3, 0.4) is 0 Å². The summed E-state index contributed by atoms with van der Waals surface area (Å²) in [6, 6.07) is 54.0. The molecule has 0 radical (unpaired) electrons. The average Bonchev–Trinajstić information content (AvgIpc) is 3.86. The van der Waals surface area contributed by atoms with E-state index in [4.69, 9.17) is 23.8 Å². The number of benzene rings is 7. The number of para-hydroxylation sites is 3.